The molecule has 0 spiro atoms. The smallest absolute Gasteiger partial charge is 0.0483 e. The van der Waals surface area contributed by atoms with Crippen molar-refractivity contribution in [3.05, 3.63) is 29.8 Å². The monoisotopic (exact) mass is 481 g/mol. The van der Waals surface area contributed by atoms with Gasteiger partial charge in [-0.25, -0.2) is 12.1 Å². The van der Waals surface area contributed by atoms with Crippen molar-refractivity contribution in [2.45, 2.75) is 86.0 Å². The zero-order valence-electron chi connectivity index (χ0n) is 15.7. The summed E-state index contributed by atoms with van der Waals surface area (Å²) >= 11 is 0. The van der Waals surface area contributed by atoms with Gasteiger partial charge < -0.3 is 15.3 Å². The van der Waals surface area contributed by atoms with Gasteiger partial charge in [-0.15, -0.1) is 0 Å². The molecule has 132 valence electrons. The second kappa shape index (κ2) is 21.1. The summed E-state index contributed by atoms with van der Waals surface area (Å²) in [4.78, 5) is 0. The number of rotatable bonds is 2. The molecule has 3 nitrogen and oxygen atoms in total. The van der Waals surface area contributed by atoms with Crippen LogP contribution in [-0.4, -0.2) is 33.6 Å². The largest absolute Gasteiger partial charge is 0.394 e. The fraction of sp³-hybridized carbons (Fsp3) is 0.722. The number of hydrogen-bond donors (Lipinski definition) is 3. The maximum absolute atomic E-state index is 8.06. The van der Waals surface area contributed by atoms with Crippen LogP contribution >= 0.6 is 0 Å². The Bertz CT molecular complexity index is 247. The van der Waals surface area contributed by atoms with E-state index < -0.39 is 0 Å². The minimum Gasteiger partial charge on any atom is -0.394 e. The van der Waals surface area contributed by atoms with Gasteiger partial charge in [-0.05, 0) is 41.5 Å². The summed E-state index contributed by atoms with van der Waals surface area (Å²) in [6, 6.07) is 8.57. The molecule has 3 N–H and O–H groups in total. The van der Waals surface area contributed by atoms with E-state index in [2.05, 4.69) is 38.1 Å². The van der Waals surface area contributed by atoms with Crippen LogP contribution in [0.4, 0.5) is 0 Å². The van der Waals surface area contributed by atoms with E-state index in [1.54, 1.807) is 41.5 Å². The van der Waals surface area contributed by atoms with Gasteiger partial charge in [0.2, 0.25) is 0 Å². The topological polar surface area (TPSA) is 60.7 Å². The van der Waals surface area contributed by atoms with Gasteiger partial charge in [0.05, 0.1) is 0 Å². The van der Waals surface area contributed by atoms with E-state index in [-0.39, 0.29) is 44.2 Å². The SMILES string of the molecule is CC(C)O.CC(C)O.CC(C)O.CCC(C)[c-]1cccc1.[Hf]. The molecule has 1 aromatic carbocycles. The third-order valence-electron chi connectivity index (χ3n) is 1.87. The van der Waals surface area contributed by atoms with Crippen molar-refractivity contribution >= 4 is 0 Å². The summed E-state index contributed by atoms with van der Waals surface area (Å²) in [6.45, 7) is 14.8. The quantitative estimate of drug-likeness (QED) is 0.442. The molecule has 22 heavy (non-hydrogen) atoms. The summed E-state index contributed by atoms with van der Waals surface area (Å²) < 4.78 is 0. The van der Waals surface area contributed by atoms with E-state index >= 15 is 0 Å². The molecule has 0 saturated carbocycles. The molecule has 4 heteroatoms. The van der Waals surface area contributed by atoms with Crippen LogP contribution in [0.15, 0.2) is 24.3 Å². The Hall–Kier alpha value is 0.100. The number of aliphatic hydroxyl groups is 3. The molecule has 0 amide bonds. The Morgan fingerprint density at radius 1 is 0.727 bits per heavy atom. The second-order valence-corrected chi connectivity index (χ2v) is 5.81. The predicted molar refractivity (Wildman–Crippen MR) is 92.8 cm³/mol. The van der Waals surface area contributed by atoms with Crippen molar-refractivity contribution in [2.75, 3.05) is 0 Å². The minimum atomic E-state index is -0.167. The molecular formula is C18H37HfO3-. The fourth-order valence-corrected chi connectivity index (χ4v) is 0.953. The van der Waals surface area contributed by atoms with Gasteiger partial charge in [-0.2, -0.15) is 17.7 Å². The van der Waals surface area contributed by atoms with E-state index in [9.17, 15) is 0 Å². The third kappa shape index (κ3) is 42.7. The van der Waals surface area contributed by atoms with E-state index in [1.165, 1.54) is 12.0 Å². The van der Waals surface area contributed by atoms with Crippen LogP contribution in [0.5, 0.6) is 0 Å². The van der Waals surface area contributed by atoms with Gasteiger partial charge >= 0.3 is 0 Å². The number of aliphatic hydroxyl groups excluding tert-OH is 3. The Morgan fingerprint density at radius 3 is 1.14 bits per heavy atom. The van der Waals surface area contributed by atoms with E-state index in [0.717, 1.165) is 5.92 Å². The van der Waals surface area contributed by atoms with E-state index in [4.69, 9.17) is 15.3 Å². The van der Waals surface area contributed by atoms with Crippen LogP contribution < -0.4 is 0 Å². The van der Waals surface area contributed by atoms with Crippen LogP contribution in [0, 0.1) is 0 Å². The van der Waals surface area contributed by atoms with Gasteiger partial charge in [-0.1, -0.05) is 26.2 Å². The first kappa shape index (κ1) is 30.0. The summed E-state index contributed by atoms with van der Waals surface area (Å²) in [5, 5.41) is 24.2. The molecule has 0 aliphatic rings. The zero-order chi connectivity index (χ0) is 17.4. The zero-order valence-corrected chi connectivity index (χ0v) is 19.3. The molecule has 0 aromatic heterocycles. The summed E-state index contributed by atoms with van der Waals surface area (Å²) in [5.74, 6) is 0.736. The second-order valence-electron chi connectivity index (χ2n) is 5.81. The molecule has 0 fully saturated rings. The molecule has 1 rings (SSSR count). The summed E-state index contributed by atoms with van der Waals surface area (Å²) in [5.41, 5.74) is 1.47. The van der Waals surface area contributed by atoms with Crippen LogP contribution in [-0.2, 0) is 25.8 Å². The van der Waals surface area contributed by atoms with Crippen molar-refractivity contribution in [2.24, 2.45) is 0 Å². The van der Waals surface area contributed by atoms with Crippen LogP contribution in [0.3, 0.4) is 0 Å². The van der Waals surface area contributed by atoms with Gasteiger partial charge in [0.1, 0.15) is 0 Å². The molecule has 1 aromatic rings. The maximum atomic E-state index is 8.06. The first-order chi connectivity index (χ1) is 9.54. The third-order valence-corrected chi connectivity index (χ3v) is 1.87. The maximum Gasteiger partial charge on any atom is 0.0483 e. The van der Waals surface area contributed by atoms with E-state index in [1.807, 2.05) is 0 Å². The van der Waals surface area contributed by atoms with Crippen molar-refractivity contribution in [3.63, 3.8) is 0 Å². The molecular weight excluding hydrogens is 443 g/mol. The van der Waals surface area contributed by atoms with E-state index in [0.29, 0.717) is 0 Å². The summed E-state index contributed by atoms with van der Waals surface area (Å²) in [6.07, 6.45) is 0.740. The Kier molecular flexibility index (Phi) is 28.8. The minimum absolute atomic E-state index is 0. The van der Waals surface area contributed by atoms with Crippen LogP contribution in [0.25, 0.3) is 0 Å². The summed E-state index contributed by atoms with van der Waals surface area (Å²) in [7, 11) is 0. The molecule has 1 atom stereocenters. The van der Waals surface area contributed by atoms with Crippen molar-refractivity contribution in [3.8, 4) is 0 Å². The molecule has 0 bridgehead atoms. The standard InChI is InChI=1S/C9H13.3C3H8O.Hf/c1-3-8(2)9-6-4-5-7-9;3*1-3(2)4;/h4-8H,3H2,1-2H3;3*3-4H,1-2H3;/q-1;;;;. The first-order valence-electron chi connectivity index (χ1n) is 7.80. The molecule has 0 heterocycles. The van der Waals surface area contributed by atoms with Gasteiger partial charge in [0, 0.05) is 44.2 Å². The van der Waals surface area contributed by atoms with Gasteiger partial charge in [0.15, 0.2) is 0 Å². The van der Waals surface area contributed by atoms with Gasteiger partial charge in [0.25, 0.3) is 0 Å². The Balaban J connectivity index is -0.000000107. The average molecular weight is 480 g/mol. The van der Waals surface area contributed by atoms with Crippen LogP contribution in [0.2, 0.25) is 0 Å². The van der Waals surface area contributed by atoms with Crippen molar-refractivity contribution in [1.29, 1.82) is 0 Å². The van der Waals surface area contributed by atoms with Crippen molar-refractivity contribution < 1.29 is 41.2 Å². The number of hydrogen-bond acceptors (Lipinski definition) is 3. The average Bonchev–Trinajstić information content (AvgIpc) is 2.79. The molecule has 1 unspecified atom stereocenters. The molecule has 0 aliphatic heterocycles. The molecule has 0 saturated heterocycles. The Morgan fingerprint density at radius 2 is 0.955 bits per heavy atom. The Labute approximate surface area is 156 Å². The first-order valence-corrected chi connectivity index (χ1v) is 7.80. The predicted octanol–water partition coefficient (Wildman–Crippen LogP) is 4.08. The van der Waals surface area contributed by atoms with Crippen LogP contribution in [0.1, 0.15) is 73.3 Å². The normalized spacial score (nSPS) is 10.5. The van der Waals surface area contributed by atoms with Crippen molar-refractivity contribution in [1.82, 2.24) is 0 Å². The van der Waals surface area contributed by atoms with Gasteiger partial charge in [-0.3, -0.25) is 0 Å². The fourth-order valence-electron chi connectivity index (χ4n) is 0.953. The molecule has 0 aliphatic carbocycles. The molecule has 0 radical (unpaired) electrons.